The second-order valence-corrected chi connectivity index (χ2v) is 6.05. The molecule has 0 amide bonds. The molecule has 0 aliphatic heterocycles. The maximum atomic E-state index is 6.04. The number of halogens is 2. The van der Waals surface area contributed by atoms with Crippen molar-refractivity contribution < 1.29 is 40.0 Å². The van der Waals surface area contributed by atoms with Gasteiger partial charge in [-0.3, -0.25) is 22.3 Å². The average molecular weight is 405 g/mol. The molecule has 0 unspecified atom stereocenters. The number of nitrogens with two attached hydrogens (primary N) is 4. The van der Waals surface area contributed by atoms with Crippen LogP contribution in [-0.4, -0.2) is 11.7 Å². The minimum absolute atomic E-state index is 0. The SMILES string of the molecule is Cc1oc(-c2ccc(C(N)=[NH2+])cc2)c(C)c1-c1ccc(C(N)=[NH2+])cc1.[Cl-].[Cl-]. The lowest BCUT2D eigenvalue weighted by molar-refractivity contribution is -0.115. The van der Waals surface area contributed by atoms with Gasteiger partial charge < -0.3 is 29.2 Å². The molecule has 0 fully saturated rings. The van der Waals surface area contributed by atoms with Gasteiger partial charge in [0.25, 0.3) is 11.7 Å². The second-order valence-electron chi connectivity index (χ2n) is 6.05. The van der Waals surface area contributed by atoms with E-state index in [9.17, 15) is 0 Å². The van der Waals surface area contributed by atoms with Gasteiger partial charge in [-0.05, 0) is 43.7 Å². The van der Waals surface area contributed by atoms with Crippen LogP contribution in [0.25, 0.3) is 22.5 Å². The molecule has 0 bridgehead atoms. The maximum Gasteiger partial charge on any atom is 0.270 e. The fraction of sp³-hybridized carbons (Fsp3) is 0.100. The van der Waals surface area contributed by atoms with E-state index in [2.05, 4.69) is 6.92 Å². The summed E-state index contributed by atoms with van der Waals surface area (Å²) in [6, 6.07) is 15.5. The molecule has 1 heterocycles. The third-order valence-corrected chi connectivity index (χ3v) is 4.31. The van der Waals surface area contributed by atoms with Crippen molar-refractivity contribution >= 4 is 11.7 Å². The number of furan rings is 1. The van der Waals surface area contributed by atoms with Crippen LogP contribution in [0, 0.1) is 13.8 Å². The lowest BCUT2D eigenvalue weighted by atomic mass is 9.98. The Labute approximate surface area is 170 Å². The molecule has 27 heavy (non-hydrogen) atoms. The zero-order valence-electron chi connectivity index (χ0n) is 15.1. The van der Waals surface area contributed by atoms with Gasteiger partial charge in [0, 0.05) is 16.7 Å². The summed E-state index contributed by atoms with van der Waals surface area (Å²) < 4.78 is 6.04. The van der Waals surface area contributed by atoms with E-state index < -0.39 is 0 Å². The molecule has 5 nitrogen and oxygen atoms in total. The van der Waals surface area contributed by atoms with Crippen LogP contribution in [0.4, 0.5) is 0 Å². The number of rotatable bonds is 4. The van der Waals surface area contributed by atoms with E-state index in [4.69, 9.17) is 26.7 Å². The number of amidine groups is 2. The molecule has 0 spiro atoms. The Bertz CT molecular complexity index is 961. The Balaban J connectivity index is 0.00000182. The van der Waals surface area contributed by atoms with E-state index in [0.717, 1.165) is 44.9 Å². The maximum absolute atomic E-state index is 6.04. The first-order valence-electron chi connectivity index (χ1n) is 7.96. The number of aryl methyl sites for hydroxylation is 1. The molecule has 0 aliphatic rings. The van der Waals surface area contributed by atoms with Gasteiger partial charge in [0.2, 0.25) is 0 Å². The largest absolute Gasteiger partial charge is 1.00 e. The summed E-state index contributed by atoms with van der Waals surface area (Å²) >= 11 is 0. The van der Waals surface area contributed by atoms with Gasteiger partial charge in [-0.15, -0.1) is 0 Å². The molecule has 3 aromatic rings. The third-order valence-electron chi connectivity index (χ3n) is 4.31. The molecule has 142 valence electrons. The van der Waals surface area contributed by atoms with Crippen LogP contribution in [0.2, 0.25) is 0 Å². The van der Waals surface area contributed by atoms with Gasteiger partial charge in [0.1, 0.15) is 11.5 Å². The molecule has 0 atom stereocenters. The van der Waals surface area contributed by atoms with Gasteiger partial charge in [-0.1, -0.05) is 24.3 Å². The molecule has 0 saturated heterocycles. The summed E-state index contributed by atoms with van der Waals surface area (Å²) in [7, 11) is 0. The van der Waals surface area contributed by atoms with Crippen LogP contribution < -0.4 is 47.1 Å². The van der Waals surface area contributed by atoms with E-state index >= 15 is 0 Å². The van der Waals surface area contributed by atoms with Crippen LogP contribution in [-0.2, 0) is 0 Å². The Hall–Kier alpha value is -2.76. The molecule has 7 heteroatoms. The standard InChI is InChI=1S/C20H20N4O.2ClH/c1-11-17(13-3-7-15(8-4-13)19(21)22)12(2)25-18(11)14-5-9-16(10-6-14)20(23)24;;/h3-10H,1-2H3,(H3,21,22)(H3,23,24);2*1H. The first kappa shape index (κ1) is 22.3. The summed E-state index contributed by atoms with van der Waals surface area (Å²) in [6.45, 7) is 4.01. The van der Waals surface area contributed by atoms with Gasteiger partial charge in [-0.2, -0.15) is 0 Å². The van der Waals surface area contributed by atoms with E-state index in [1.54, 1.807) is 0 Å². The number of hydrogen-bond donors (Lipinski definition) is 4. The molecular weight excluding hydrogens is 383 g/mol. The van der Waals surface area contributed by atoms with E-state index in [-0.39, 0.29) is 24.8 Å². The molecule has 1 aromatic heterocycles. The zero-order chi connectivity index (χ0) is 18.1. The van der Waals surface area contributed by atoms with Crippen molar-refractivity contribution in [1.82, 2.24) is 0 Å². The van der Waals surface area contributed by atoms with Gasteiger partial charge >= 0.3 is 0 Å². The van der Waals surface area contributed by atoms with Gasteiger partial charge in [0.05, 0.1) is 11.1 Å². The molecule has 0 aliphatic carbocycles. The minimum Gasteiger partial charge on any atom is -1.00 e. The number of hydrogen-bond acceptors (Lipinski definition) is 1. The van der Waals surface area contributed by atoms with Crippen molar-refractivity contribution in [3.05, 3.63) is 71.0 Å². The summed E-state index contributed by atoms with van der Waals surface area (Å²) in [4.78, 5) is 0. The van der Waals surface area contributed by atoms with Crippen LogP contribution >= 0.6 is 0 Å². The minimum atomic E-state index is 0. The van der Waals surface area contributed by atoms with Crippen molar-refractivity contribution in [1.29, 1.82) is 0 Å². The Morgan fingerprint density at radius 1 is 0.741 bits per heavy atom. The van der Waals surface area contributed by atoms with Crippen molar-refractivity contribution in [2.75, 3.05) is 0 Å². The summed E-state index contributed by atoms with van der Waals surface area (Å²) in [5, 5.41) is 11.3. The van der Waals surface area contributed by atoms with Crippen molar-refractivity contribution in [2.45, 2.75) is 13.8 Å². The summed E-state index contributed by atoms with van der Waals surface area (Å²) in [5.41, 5.74) is 17.1. The molecule has 0 saturated carbocycles. The van der Waals surface area contributed by atoms with Gasteiger partial charge in [0.15, 0.2) is 0 Å². The predicted octanol–water partition coefficient (Wildman–Crippen LogP) is -5.83. The lowest BCUT2D eigenvalue weighted by Crippen LogP contribution is -3.00. The first-order chi connectivity index (χ1) is 11.9. The highest BCUT2D eigenvalue weighted by atomic mass is 35.5. The molecule has 2 aromatic carbocycles. The van der Waals surface area contributed by atoms with Crippen LogP contribution in [0.5, 0.6) is 0 Å². The van der Waals surface area contributed by atoms with Crippen LogP contribution in [0.3, 0.4) is 0 Å². The average Bonchev–Trinajstić information content (AvgIpc) is 2.89. The summed E-state index contributed by atoms with van der Waals surface area (Å²) in [5.74, 6) is 2.31. The molecule has 8 N–H and O–H groups in total. The third kappa shape index (κ3) is 4.32. The second kappa shape index (κ2) is 8.75. The van der Waals surface area contributed by atoms with Gasteiger partial charge in [-0.25, -0.2) is 0 Å². The smallest absolute Gasteiger partial charge is 0.270 e. The lowest BCUT2D eigenvalue weighted by Gasteiger charge is -2.03. The predicted molar refractivity (Wildman–Crippen MR) is 99.5 cm³/mol. The Morgan fingerprint density at radius 2 is 1.15 bits per heavy atom. The highest BCUT2D eigenvalue weighted by Crippen LogP contribution is 2.37. The molecule has 0 radical (unpaired) electrons. The quantitative estimate of drug-likeness (QED) is 0.256. The molecular formula is C20H22Cl2N4O. The summed E-state index contributed by atoms with van der Waals surface area (Å²) in [6.07, 6.45) is 0. The fourth-order valence-electron chi connectivity index (χ4n) is 3.00. The van der Waals surface area contributed by atoms with Crippen molar-refractivity contribution in [3.8, 4) is 22.5 Å². The highest BCUT2D eigenvalue weighted by molar-refractivity contribution is 5.94. The normalized spacial score (nSPS) is 9.85. The molecule has 3 rings (SSSR count). The van der Waals surface area contributed by atoms with Crippen LogP contribution in [0.15, 0.2) is 52.9 Å². The van der Waals surface area contributed by atoms with E-state index in [1.165, 1.54) is 0 Å². The van der Waals surface area contributed by atoms with Crippen molar-refractivity contribution in [3.63, 3.8) is 0 Å². The number of benzene rings is 2. The van der Waals surface area contributed by atoms with Crippen molar-refractivity contribution in [2.24, 2.45) is 11.5 Å². The monoisotopic (exact) mass is 404 g/mol. The van der Waals surface area contributed by atoms with E-state index in [1.807, 2.05) is 55.5 Å². The Kier molecular flexibility index (Phi) is 7.22. The first-order valence-corrected chi connectivity index (χ1v) is 7.96. The van der Waals surface area contributed by atoms with E-state index in [0.29, 0.717) is 11.7 Å². The highest BCUT2D eigenvalue weighted by Gasteiger charge is 2.18. The fourth-order valence-corrected chi connectivity index (χ4v) is 3.00. The topological polar surface area (TPSA) is 116 Å². The zero-order valence-corrected chi connectivity index (χ0v) is 16.6. The Morgan fingerprint density at radius 3 is 1.56 bits per heavy atom. The van der Waals surface area contributed by atoms with Crippen LogP contribution in [0.1, 0.15) is 22.5 Å².